The molecule has 1 aromatic carbocycles. The summed E-state index contributed by atoms with van der Waals surface area (Å²) in [6.45, 7) is 5.37. The van der Waals surface area contributed by atoms with Crippen LogP contribution >= 0.6 is 0 Å². The fourth-order valence-corrected chi connectivity index (χ4v) is 5.58. The Kier molecular flexibility index (Phi) is 13.3. The van der Waals surface area contributed by atoms with E-state index >= 15 is 0 Å². The topological polar surface area (TPSA) is 22.1 Å². The van der Waals surface area contributed by atoms with Crippen molar-refractivity contribution in [3.63, 3.8) is 0 Å². The molecule has 0 unspecified atom stereocenters. The number of nitrogens with zero attached hydrogens (tertiary/aromatic N) is 1. The zero-order valence-corrected chi connectivity index (χ0v) is 22.8. The number of benzene rings is 1. The third-order valence-corrected chi connectivity index (χ3v) is 8.01. The molecule has 0 aliphatic heterocycles. The van der Waals surface area contributed by atoms with Gasteiger partial charge in [-0.1, -0.05) is 110 Å². The van der Waals surface area contributed by atoms with Crippen LogP contribution in [0, 0.1) is 11.8 Å². The molecule has 1 saturated carbocycles. The molecule has 2 aromatic rings. The molecular weight excluding hydrogens is 426 g/mol. The lowest BCUT2D eigenvalue weighted by molar-refractivity contribution is 0.248. The summed E-state index contributed by atoms with van der Waals surface area (Å²) in [5, 5.41) is 0. The lowest BCUT2D eigenvalue weighted by Gasteiger charge is -2.28. The fourth-order valence-electron chi connectivity index (χ4n) is 5.58. The standard InChI is InChI=1S/C33H51NO/c1-3-5-7-9-11-13-28-14-16-29(17-15-28)18-19-30-20-25-33(34-27-30)31-21-23-32(24-22-31)35-26-12-10-8-6-4-2/h20-25,27-29H,3-19,26H2,1-2H3. The molecule has 0 bridgehead atoms. The molecule has 1 heterocycles. The molecule has 0 N–H and O–H groups in total. The van der Waals surface area contributed by atoms with E-state index in [-0.39, 0.29) is 0 Å². The van der Waals surface area contributed by atoms with Crippen LogP contribution in [-0.2, 0) is 6.42 Å². The van der Waals surface area contributed by atoms with Gasteiger partial charge in [0.05, 0.1) is 12.3 Å². The van der Waals surface area contributed by atoms with Crippen LogP contribution in [0.25, 0.3) is 11.3 Å². The number of ether oxygens (including phenoxy) is 1. The van der Waals surface area contributed by atoms with Crippen molar-refractivity contribution >= 4 is 0 Å². The summed E-state index contributed by atoms with van der Waals surface area (Å²) in [6, 6.07) is 12.9. The van der Waals surface area contributed by atoms with Crippen molar-refractivity contribution in [1.29, 1.82) is 0 Å². The first kappa shape index (κ1) is 27.8. The summed E-state index contributed by atoms with van der Waals surface area (Å²) in [7, 11) is 0. The SMILES string of the molecule is CCCCCCCOc1ccc(-c2ccc(CCC3CCC(CCCCCCC)CC3)cn2)cc1. The van der Waals surface area contributed by atoms with Gasteiger partial charge in [0.25, 0.3) is 0 Å². The molecule has 0 spiro atoms. The fraction of sp³-hybridized carbons (Fsp3) is 0.667. The zero-order chi connectivity index (χ0) is 24.6. The molecular formula is C33H51NO. The Hall–Kier alpha value is -1.83. The van der Waals surface area contributed by atoms with E-state index in [2.05, 4.69) is 56.4 Å². The van der Waals surface area contributed by atoms with Crippen LogP contribution in [-0.4, -0.2) is 11.6 Å². The minimum absolute atomic E-state index is 0.816. The molecule has 1 fully saturated rings. The van der Waals surface area contributed by atoms with Crippen LogP contribution in [0.1, 0.15) is 122 Å². The monoisotopic (exact) mass is 477 g/mol. The number of aryl methyl sites for hydroxylation is 1. The highest BCUT2D eigenvalue weighted by atomic mass is 16.5. The molecule has 0 amide bonds. The average molecular weight is 478 g/mol. The predicted octanol–water partition coefficient (Wildman–Crippen LogP) is 10.2. The van der Waals surface area contributed by atoms with Gasteiger partial charge in [-0.25, -0.2) is 0 Å². The first-order valence-corrected chi connectivity index (χ1v) is 15.0. The zero-order valence-electron chi connectivity index (χ0n) is 22.8. The lowest BCUT2D eigenvalue weighted by Crippen LogP contribution is -2.15. The van der Waals surface area contributed by atoms with Crippen LogP contribution in [0.5, 0.6) is 5.75 Å². The normalized spacial score (nSPS) is 18.0. The average Bonchev–Trinajstić information content (AvgIpc) is 2.91. The van der Waals surface area contributed by atoms with Gasteiger partial charge >= 0.3 is 0 Å². The predicted molar refractivity (Wildman–Crippen MR) is 151 cm³/mol. The summed E-state index contributed by atoms with van der Waals surface area (Å²) in [5.41, 5.74) is 3.61. The van der Waals surface area contributed by atoms with E-state index in [1.54, 1.807) is 0 Å². The Bertz CT molecular complexity index is 774. The smallest absolute Gasteiger partial charge is 0.119 e. The Labute approximate surface area is 216 Å². The van der Waals surface area contributed by atoms with Gasteiger partial charge in [0.15, 0.2) is 0 Å². The number of aromatic nitrogens is 1. The molecule has 1 aromatic heterocycles. The van der Waals surface area contributed by atoms with E-state index < -0.39 is 0 Å². The molecule has 2 nitrogen and oxygen atoms in total. The highest BCUT2D eigenvalue weighted by molar-refractivity contribution is 5.60. The molecule has 0 atom stereocenters. The van der Waals surface area contributed by atoms with E-state index in [0.717, 1.165) is 36.3 Å². The van der Waals surface area contributed by atoms with Gasteiger partial charge in [-0.3, -0.25) is 4.98 Å². The van der Waals surface area contributed by atoms with Gasteiger partial charge in [0.1, 0.15) is 5.75 Å². The van der Waals surface area contributed by atoms with Gasteiger partial charge in [-0.15, -0.1) is 0 Å². The van der Waals surface area contributed by atoms with Crippen molar-refractivity contribution < 1.29 is 4.74 Å². The van der Waals surface area contributed by atoms with E-state index in [1.807, 2.05) is 0 Å². The van der Waals surface area contributed by atoms with E-state index in [0.29, 0.717) is 0 Å². The molecule has 1 aliphatic carbocycles. The van der Waals surface area contributed by atoms with Gasteiger partial charge in [0.2, 0.25) is 0 Å². The molecule has 1 aliphatic rings. The highest BCUT2D eigenvalue weighted by Gasteiger charge is 2.20. The maximum absolute atomic E-state index is 5.91. The molecule has 194 valence electrons. The van der Waals surface area contributed by atoms with Crippen molar-refractivity contribution in [1.82, 2.24) is 4.98 Å². The Morgan fingerprint density at radius 1 is 0.686 bits per heavy atom. The number of rotatable bonds is 17. The Balaban J connectivity index is 1.32. The molecule has 35 heavy (non-hydrogen) atoms. The molecule has 3 rings (SSSR count). The van der Waals surface area contributed by atoms with Crippen molar-refractivity contribution in [2.24, 2.45) is 11.8 Å². The largest absolute Gasteiger partial charge is 0.494 e. The minimum atomic E-state index is 0.816. The Morgan fingerprint density at radius 3 is 1.94 bits per heavy atom. The van der Waals surface area contributed by atoms with Crippen molar-refractivity contribution in [2.45, 2.75) is 123 Å². The summed E-state index contributed by atoms with van der Waals surface area (Å²) in [4.78, 5) is 4.77. The second-order valence-corrected chi connectivity index (χ2v) is 11.0. The molecule has 0 radical (unpaired) electrons. The first-order chi connectivity index (χ1) is 17.3. The summed E-state index contributed by atoms with van der Waals surface area (Å²) in [5.74, 6) is 2.90. The van der Waals surface area contributed by atoms with E-state index in [1.165, 1.54) is 114 Å². The third kappa shape index (κ3) is 10.8. The summed E-state index contributed by atoms with van der Waals surface area (Å²) >= 11 is 0. The van der Waals surface area contributed by atoms with Crippen LogP contribution in [0.3, 0.4) is 0 Å². The van der Waals surface area contributed by atoms with Crippen LogP contribution in [0.15, 0.2) is 42.6 Å². The van der Waals surface area contributed by atoms with Crippen molar-refractivity contribution in [2.75, 3.05) is 6.61 Å². The highest BCUT2D eigenvalue weighted by Crippen LogP contribution is 2.34. The van der Waals surface area contributed by atoms with E-state index in [9.17, 15) is 0 Å². The van der Waals surface area contributed by atoms with Crippen LogP contribution < -0.4 is 4.74 Å². The van der Waals surface area contributed by atoms with Crippen LogP contribution in [0.2, 0.25) is 0 Å². The van der Waals surface area contributed by atoms with Gasteiger partial charge < -0.3 is 4.74 Å². The van der Waals surface area contributed by atoms with E-state index in [4.69, 9.17) is 9.72 Å². The van der Waals surface area contributed by atoms with Crippen molar-refractivity contribution in [3.05, 3.63) is 48.2 Å². The number of pyridine rings is 1. The maximum atomic E-state index is 5.91. The van der Waals surface area contributed by atoms with Crippen LogP contribution in [0.4, 0.5) is 0 Å². The number of unbranched alkanes of at least 4 members (excludes halogenated alkanes) is 8. The summed E-state index contributed by atoms with van der Waals surface area (Å²) in [6.07, 6.45) is 25.4. The number of hydrogen-bond acceptors (Lipinski definition) is 2. The second kappa shape index (κ2) is 16.8. The lowest BCUT2D eigenvalue weighted by atomic mass is 9.78. The molecule has 0 saturated heterocycles. The van der Waals surface area contributed by atoms with Gasteiger partial charge in [-0.05, 0) is 67.0 Å². The third-order valence-electron chi connectivity index (χ3n) is 8.01. The first-order valence-electron chi connectivity index (χ1n) is 15.0. The Morgan fingerprint density at radius 2 is 1.31 bits per heavy atom. The van der Waals surface area contributed by atoms with Crippen molar-refractivity contribution in [3.8, 4) is 17.0 Å². The quantitative estimate of drug-likeness (QED) is 0.211. The van der Waals surface area contributed by atoms with Gasteiger partial charge in [-0.2, -0.15) is 0 Å². The number of hydrogen-bond donors (Lipinski definition) is 0. The second-order valence-electron chi connectivity index (χ2n) is 11.0. The van der Waals surface area contributed by atoms with Gasteiger partial charge in [0, 0.05) is 11.8 Å². The summed E-state index contributed by atoms with van der Waals surface area (Å²) < 4.78 is 5.91. The molecule has 2 heteroatoms. The minimum Gasteiger partial charge on any atom is -0.494 e. The maximum Gasteiger partial charge on any atom is 0.119 e.